The summed E-state index contributed by atoms with van der Waals surface area (Å²) in [4.78, 5) is 24.0. The van der Waals surface area contributed by atoms with Crippen molar-refractivity contribution < 1.29 is 13.2 Å². The highest BCUT2D eigenvalue weighted by atomic mass is 32.2. The number of carbonyl (C=O) groups excluding carboxylic acids is 1. The predicted molar refractivity (Wildman–Crippen MR) is 93.0 cm³/mol. The first-order valence-corrected chi connectivity index (χ1v) is 10.3. The Balaban J connectivity index is 1.60. The molecule has 2 aromatic heterocycles. The molecule has 0 aromatic carbocycles. The van der Waals surface area contributed by atoms with Crippen molar-refractivity contribution in [3.05, 3.63) is 41.7 Å². The number of nitrogens with one attached hydrogen (secondary N) is 1. The summed E-state index contributed by atoms with van der Waals surface area (Å²) in [7, 11) is -3.20. The van der Waals surface area contributed by atoms with Crippen molar-refractivity contribution in [2.45, 2.75) is 25.6 Å². The summed E-state index contributed by atoms with van der Waals surface area (Å²) in [6, 6.07) is 2.65. The minimum Gasteiger partial charge on any atom is -0.348 e. The zero-order valence-electron chi connectivity index (χ0n) is 14.4. The van der Waals surface area contributed by atoms with Crippen LogP contribution in [0.15, 0.2) is 24.7 Å². The van der Waals surface area contributed by atoms with Gasteiger partial charge in [0.1, 0.15) is 0 Å². The van der Waals surface area contributed by atoms with Crippen LogP contribution in [0, 0.1) is 6.92 Å². The van der Waals surface area contributed by atoms with Crippen LogP contribution in [0.3, 0.4) is 0 Å². The molecule has 138 valence electrons. The number of sulfone groups is 1. The third kappa shape index (κ3) is 3.10. The fourth-order valence-corrected chi connectivity index (χ4v) is 5.79. The Morgan fingerprint density at radius 1 is 1.31 bits per heavy atom. The van der Waals surface area contributed by atoms with Gasteiger partial charge in [0.05, 0.1) is 29.6 Å². The lowest BCUT2D eigenvalue weighted by atomic mass is 10.0. The number of nitrogens with zero attached hydrogens (tertiary/aromatic N) is 5. The first kappa shape index (κ1) is 17.1. The molecule has 1 amide bonds. The maximum absolute atomic E-state index is 12.8. The van der Waals surface area contributed by atoms with Crippen LogP contribution in [0.1, 0.15) is 21.9 Å². The molecule has 0 radical (unpaired) electrons. The Morgan fingerprint density at radius 2 is 2.12 bits per heavy atom. The summed E-state index contributed by atoms with van der Waals surface area (Å²) in [5.41, 5.74) is 2.12. The lowest BCUT2D eigenvalue weighted by Crippen LogP contribution is -2.60. The molecular weight excluding hydrogens is 356 g/mol. The Kier molecular flexibility index (Phi) is 4.23. The van der Waals surface area contributed by atoms with E-state index in [-0.39, 0.29) is 35.2 Å². The van der Waals surface area contributed by atoms with Gasteiger partial charge in [0.15, 0.2) is 15.5 Å². The number of H-pyrrole nitrogens is 1. The third-order valence-corrected chi connectivity index (χ3v) is 6.83. The van der Waals surface area contributed by atoms with Gasteiger partial charge in [-0.15, -0.1) is 5.10 Å². The molecule has 26 heavy (non-hydrogen) atoms. The van der Waals surface area contributed by atoms with E-state index in [9.17, 15) is 13.2 Å². The molecule has 9 nitrogen and oxygen atoms in total. The van der Waals surface area contributed by atoms with Crippen molar-refractivity contribution in [3.8, 4) is 0 Å². The van der Waals surface area contributed by atoms with E-state index in [1.165, 1.54) is 6.20 Å². The van der Waals surface area contributed by atoms with Crippen molar-refractivity contribution in [1.29, 1.82) is 0 Å². The number of hydrogen-bond donors (Lipinski definition) is 1. The molecule has 0 unspecified atom stereocenters. The molecule has 2 atom stereocenters. The molecule has 0 aliphatic carbocycles. The molecule has 0 bridgehead atoms. The van der Waals surface area contributed by atoms with Gasteiger partial charge in [0.25, 0.3) is 5.91 Å². The van der Waals surface area contributed by atoms with E-state index in [1.54, 1.807) is 23.4 Å². The molecule has 0 saturated carbocycles. The van der Waals surface area contributed by atoms with Crippen LogP contribution in [0.2, 0.25) is 0 Å². The molecule has 4 rings (SSSR count). The number of fused-ring (bicyclic) bond motifs is 1. The minimum absolute atomic E-state index is 0.0142. The van der Waals surface area contributed by atoms with Gasteiger partial charge in [-0.1, -0.05) is 0 Å². The van der Waals surface area contributed by atoms with Crippen molar-refractivity contribution in [1.82, 2.24) is 30.0 Å². The minimum atomic E-state index is -3.20. The molecular formula is C16H20N6O3S. The number of hydrogen-bond acceptors (Lipinski definition) is 7. The lowest BCUT2D eigenvalue weighted by molar-refractivity contribution is 0.0296. The van der Waals surface area contributed by atoms with E-state index in [4.69, 9.17) is 0 Å². The third-order valence-electron chi connectivity index (χ3n) is 5.13. The monoisotopic (exact) mass is 376 g/mol. The molecule has 2 aliphatic heterocycles. The van der Waals surface area contributed by atoms with Gasteiger partial charge in [-0.3, -0.25) is 9.69 Å². The second-order valence-corrected chi connectivity index (χ2v) is 8.92. The molecule has 4 heterocycles. The highest BCUT2D eigenvalue weighted by molar-refractivity contribution is 7.91. The molecule has 1 N–H and O–H groups in total. The smallest absolute Gasteiger partial charge is 0.274 e. The molecule has 2 saturated heterocycles. The van der Waals surface area contributed by atoms with E-state index in [2.05, 4.69) is 25.1 Å². The van der Waals surface area contributed by atoms with Gasteiger partial charge >= 0.3 is 0 Å². The van der Waals surface area contributed by atoms with Gasteiger partial charge < -0.3 is 9.88 Å². The van der Waals surface area contributed by atoms with Gasteiger partial charge in [0, 0.05) is 37.6 Å². The van der Waals surface area contributed by atoms with E-state index in [0.717, 1.165) is 11.4 Å². The van der Waals surface area contributed by atoms with Crippen LogP contribution in [-0.2, 0) is 16.4 Å². The summed E-state index contributed by atoms with van der Waals surface area (Å²) in [5, 5.41) is 7.63. The van der Waals surface area contributed by atoms with Gasteiger partial charge in [-0.05, 0) is 19.1 Å². The maximum atomic E-state index is 12.8. The van der Waals surface area contributed by atoms with Crippen LogP contribution < -0.4 is 0 Å². The summed E-state index contributed by atoms with van der Waals surface area (Å²) < 4.78 is 24.6. The van der Waals surface area contributed by atoms with E-state index >= 15 is 0 Å². The van der Waals surface area contributed by atoms with E-state index in [0.29, 0.717) is 19.6 Å². The Morgan fingerprint density at radius 3 is 2.81 bits per heavy atom. The number of imidazole rings is 1. The predicted octanol–water partition coefficient (Wildman–Crippen LogP) is -0.368. The summed E-state index contributed by atoms with van der Waals surface area (Å²) in [6.07, 6.45) is 3.14. The summed E-state index contributed by atoms with van der Waals surface area (Å²) in [6.45, 7) is 3.56. The van der Waals surface area contributed by atoms with Crippen molar-refractivity contribution >= 4 is 15.7 Å². The van der Waals surface area contributed by atoms with Gasteiger partial charge in [0.2, 0.25) is 0 Å². The number of amides is 1. The number of aryl methyl sites for hydroxylation is 1. The van der Waals surface area contributed by atoms with Gasteiger partial charge in [-0.2, -0.15) is 5.10 Å². The van der Waals surface area contributed by atoms with Crippen LogP contribution in [-0.4, -0.2) is 81.0 Å². The number of aromatic amines is 1. The molecule has 10 heteroatoms. The summed E-state index contributed by atoms with van der Waals surface area (Å²) in [5.74, 6) is -0.216. The molecule has 2 aliphatic rings. The lowest BCUT2D eigenvalue weighted by Gasteiger charge is -2.43. The molecule has 2 fully saturated rings. The normalized spacial score (nSPS) is 25.2. The second kappa shape index (κ2) is 6.44. The van der Waals surface area contributed by atoms with Crippen molar-refractivity contribution in [3.63, 3.8) is 0 Å². The van der Waals surface area contributed by atoms with Crippen LogP contribution in [0.5, 0.6) is 0 Å². The van der Waals surface area contributed by atoms with E-state index < -0.39 is 9.84 Å². The number of rotatable bonds is 3. The Labute approximate surface area is 151 Å². The summed E-state index contributed by atoms with van der Waals surface area (Å²) >= 11 is 0. The second-order valence-electron chi connectivity index (χ2n) is 6.76. The molecule has 0 spiro atoms. The average Bonchev–Trinajstić information content (AvgIpc) is 3.17. The zero-order chi connectivity index (χ0) is 18.3. The fourth-order valence-electron chi connectivity index (χ4n) is 3.77. The Bertz CT molecular complexity index is 913. The SMILES string of the molecule is Cc1[nH]cnc1CN1CCN(C(=O)c2cccnn2)[C@H]2CS(=O)(=O)C[C@H]21. The van der Waals surface area contributed by atoms with Crippen LogP contribution in [0.25, 0.3) is 0 Å². The number of aromatic nitrogens is 4. The van der Waals surface area contributed by atoms with Crippen LogP contribution >= 0.6 is 0 Å². The van der Waals surface area contributed by atoms with Crippen LogP contribution in [0.4, 0.5) is 0 Å². The zero-order valence-corrected chi connectivity index (χ0v) is 15.2. The Hall–Kier alpha value is -2.33. The average molecular weight is 376 g/mol. The van der Waals surface area contributed by atoms with E-state index in [1.807, 2.05) is 6.92 Å². The fraction of sp³-hybridized carbons (Fsp3) is 0.500. The highest BCUT2D eigenvalue weighted by Crippen LogP contribution is 2.29. The maximum Gasteiger partial charge on any atom is 0.274 e. The topological polar surface area (TPSA) is 112 Å². The number of piperazine rings is 1. The van der Waals surface area contributed by atoms with Crippen molar-refractivity contribution in [2.24, 2.45) is 0 Å². The first-order valence-electron chi connectivity index (χ1n) is 8.46. The standard InChI is InChI=1S/C16H20N6O3S/c1-11-13(18-10-17-11)7-21-5-6-22(15-9-26(24,25)8-14(15)21)16(23)12-3-2-4-19-20-12/h2-4,10,14-15H,5-9H2,1H3,(H,17,18)/t14-,15+/m1/s1. The van der Waals surface area contributed by atoms with Gasteiger partial charge in [-0.25, -0.2) is 13.4 Å². The van der Waals surface area contributed by atoms with Crippen molar-refractivity contribution in [2.75, 3.05) is 24.6 Å². The highest BCUT2D eigenvalue weighted by Gasteiger charge is 2.48. The molecule has 2 aromatic rings. The quantitative estimate of drug-likeness (QED) is 0.778. The first-order chi connectivity index (χ1) is 12.4. The largest absolute Gasteiger partial charge is 0.348 e. The number of carbonyl (C=O) groups is 1.